The molecule has 0 unspecified atom stereocenters. The number of nitrogens with one attached hydrogen (secondary N) is 1. The average Bonchev–Trinajstić information content (AvgIpc) is 2.92. The number of carbonyl (C=O) groups excluding carboxylic acids is 3. The number of ether oxygens (including phenoxy) is 2. The third kappa shape index (κ3) is 9.14. The first-order valence-corrected chi connectivity index (χ1v) is 13.0. The van der Waals surface area contributed by atoms with Crippen LogP contribution in [0.1, 0.15) is 72.2 Å². The highest BCUT2D eigenvalue weighted by Crippen LogP contribution is 2.18. The monoisotopic (exact) mass is 519 g/mol. The Morgan fingerprint density at radius 3 is 2.03 bits per heavy atom. The Balaban J connectivity index is 1.50. The van der Waals surface area contributed by atoms with E-state index in [0.717, 1.165) is 18.4 Å². The van der Waals surface area contributed by atoms with Gasteiger partial charge in [-0.3, -0.25) is 9.59 Å². The molecule has 1 atom stereocenters. The van der Waals surface area contributed by atoms with Crippen molar-refractivity contribution >= 4 is 17.7 Å². The molecule has 6 nitrogen and oxygen atoms in total. The highest BCUT2D eigenvalue weighted by molar-refractivity contribution is 5.97. The SMILES string of the molecule is CCCCCCCOc1ccc(C(=O)Oc2ccc(C[C@H](NC(=O)c3ccc(F)cc3)C(C)=O)cc2)cc1. The third-order valence-corrected chi connectivity index (χ3v) is 6.08. The van der Waals surface area contributed by atoms with Crippen LogP contribution in [0.4, 0.5) is 4.39 Å². The lowest BCUT2D eigenvalue weighted by Crippen LogP contribution is -2.41. The number of amides is 1. The Hall–Kier alpha value is -4.00. The number of halogens is 1. The quantitative estimate of drug-likeness (QED) is 0.153. The third-order valence-electron chi connectivity index (χ3n) is 6.08. The first kappa shape index (κ1) is 28.6. The summed E-state index contributed by atoms with van der Waals surface area (Å²) >= 11 is 0. The number of carbonyl (C=O) groups is 3. The van der Waals surface area contributed by atoms with Crippen LogP contribution >= 0.6 is 0 Å². The zero-order valence-electron chi connectivity index (χ0n) is 21.9. The van der Waals surface area contributed by atoms with Gasteiger partial charge in [-0.2, -0.15) is 0 Å². The molecule has 1 N–H and O–H groups in total. The standard InChI is InChI=1S/C31H34FNO5/c1-3-4-5-6-7-20-37-27-18-12-25(13-19-27)31(36)38-28-16-8-23(9-17-28)21-29(22(2)34)33-30(35)24-10-14-26(32)15-11-24/h8-19,29H,3-7,20-21H2,1-2H3,(H,33,35)/t29-/m0/s1. The summed E-state index contributed by atoms with van der Waals surface area (Å²) in [5.41, 5.74) is 1.45. The van der Waals surface area contributed by atoms with Crippen molar-refractivity contribution < 1.29 is 28.2 Å². The molecule has 3 aromatic rings. The molecule has 0 fully saturated rings. The summed E-state index contributed by atoms with van der Waals surface area (Å²) in [6.45, 7) is 4.24. The van der Waals surface area contributed by atoms with Gasteiger partial charge in [-0.1, -0.05) is 44.7 Å². The number of ketones is 1. The van der Waals surface area contributed by atoms with Crippen LogP contribution in [0, 0.1) is 5.82 Å². The molecular formula is C31H34FNO5. The van der Waals surface area contributed by atoms with Gasteiger partial charge in [0, 0.05) is 5.56 Å². The van der Waals surface area contributed by atoms with E-state index in [1.807, 2.05) is 0 Å². The van der Waals surface area contributed by atoms with Gasteiger partial charge >= 0.3 is 5.97 Å². The predicted octanol–water partition coefficient (Wildman–Crippen LogP) is 6.32. The Kier molecular flexibility index (Phi) is 11.0. The van der Waals surface area contributed by atoms with E-state index < -0.39 is 23.7 Å². The summed E-state index contributed by atoms with van der Waals surface area (Å²) < 4.78 is 24.3. The molecule has 7 heteroatoms. The van der Waals surface area contributed by atoms with Gasteiger partial charge in [-0.25, -0.2) is 9.18 Å². The molecule has 0 aliphatic rings. The van der Waals surface area contributed by atoms with Crippen LogP contribution in [0.5, 0.6) is 11.5 Å². The maximum absolute atomic E-state index is 13.1. The van der Waals surface area contributed by atoms with Crippen LogP contribution in [0.2, 0.25) is 0 Å². The number of hydrogen-bond donors (Lipinski definition) is 1. The van der Waals surface area contributed by atoms with Crippen molar-refractivity contribution in [3.8, 4) is 11.5 Å². The van der Waals surface area contributed by atoms with Crippen molar-refractivity contribution in [3.05, 3.63) is 95.3 Å². The van der Waals surface area contributed by atoms with E-state index >= 15 is 0 Å². The summed E-state index contributed by atoms with van der Waals surface area (Å²) in [6, 6.07) is 18.0. The van der Waals surface area contributed by atoms with E-state index in [-0.39, 0.29) is 17.8 Å². The van der Waals surface area contributed by atoms with Crippen molar-refractivity contribution in [3.63, 3.8) is 0 Å². The second-order valence-corrected chi connectivity index (χ2v) is 9.17. The maximum atomic E-state index is 13.1. The second kappa shape index (κ2) is 14.7. The molecule has 38 heavy (non-hydrogen) atoms. The van der Waals surface area contributed by atoms with Gasteiger partial charge in [0.25, 0.3) is 5.91 Å². The first-order valence-electron chi connectivity index (χ1n) is 13.0. The summed E-state index contributed by atoms with van der Waals surface area (Å²) in [7, 11) is 0. The second-order valence-electron chi connectivity index (χ2n) is 9.17. The molecule has 200 valence electrons. The minimum atomic E-state index is -0.752. The fourth-order valence-electron chi connectivity index (χ4n) is 3.82. The van der Waals surface area contributed by atoms with Crippen molar-refractivity contribution in [2.24, 2.45) is 0 Å². The number of esters is 1. The number of benzene rings is 3. The average molecular weight is 520 g/mol. The van der Waals surface area contributed by atoms with Gasteiger partial charge in [0.15, 0.2) is 5.78 Å². The van der Waals surface area contributed by atoms with E-state index in [4.69, 9.17) is 9.47 Å². The molecule has 0 aliphatic heterocycles. The lowest BCUT2D eigenvalue weighted by molar-refractivity contribution is -0.118. The topological polar surface area (TPSA) is 81.7 Å². The van der Waals surface area contributed by atoms with E-state index in [1.54, 1.807) is 48.5 Å². The normalized spacial score (nSPS) is 11.4. The maximum Gasteiger partial charge on any atom is 0.343 e. The number of unbranched alkanes of at least 4 members (excludes halogenated alkanes) is 4. The summed E-state index contributed by atoms with van der Waals surface area (Å²) in [4.78, 5) is 37.1. The minimum absolute atomic E-state index is 0.208. The zero-order chi connectivity index (χ0) is 27.3. The van der Waals surface area contributed by atoms with Crippen LogP contribution in [-0.4, -0.2) is 30.3 Å². The molecule has 0 radical (unpaired) electrons. The van der Waals surface area contributed by atoms with Crippen molar-refractivity contribution in [1.29, 1.82) is 0 Å². The van der Waals surface area contributed by atoms with Crippen molar-refractivity contribution in [2.45, 2.75) is 58.4 Å². The summed E-state index contributed by atoms with van der Waals surface area (Å²) in [5, 5.41) is 2.69. The molecule has 0 saturated heterocycles. The summed E-state index contributed by atoms with van der Waals surface area (Å²) in [6.07, 6.45) is 6.09. The molecule has 0 aliphatic carbocycles. The molecule has 0 heterocycles. The van der Waals surface area contributed by atoms with Gasteiger partial charge < -0.3 is 14.8 Å². The number of rotatable bonds is 14. The van der Waals surface area contributed by atoms with Crippen LogP contribution in [0.25, 0.3) is 0 Å². The molecule has 1 amide bonds. The fourth-order valence-corrected chi connectivity index (χ4v) is 3.82. The molecule has 3 rings (SSSR count). The van der Waals surface area contributed by atoms with Crippen molar-refractivity contribution in [1.82, 2.24) is 5.32 Å². The first-order chi connectivity index (χ1) is 18.4. The van der Waals surface area contributed by atoms with Gasteiger partial charge in [-0.15, -0.1) is 0 Å². The minimum Gasteiger partial charge on any atom is -0.494 e. The fraction of sp³-hybridized carbons (Fsp3) is 0.323. The highest BCUT2D eigenvalue weighted by atomic mass is 19.1. The van der Waals surface area contributed by atoms with Crippen LogP contribution < -0.4 is 14.8 Å². The Morgan fingerprint density at radius 1 is 0.789 bits per heavy atom. The number of Topliss-reactive ketones (excluding diaryl/α,β-unsaturated/α-hetero) is 1. The van der Waals surface area contributed by atoms with Crippen molar-refractivity contribution in [2.75, 3.05) is 6.61 Å². The molecule has 0 aromatic heterocycles. The lowest BCUT2D eigenvalue weighted by atomic mass is 10.0. The molecule has 0 spiro atoms. The van der Waals surface area contributed by atoms with Gasteiger partial charge in [0.2, 0.25) is 0 Å². The zero-order valence-corrected chi connectivity index (χ0v) is 21.9. The van der Waals surface area contributed by atoms with E-state index in [1.165, 1.54) is 50.5 Å². The lowest BCUT2D eigenvalue weighted by Gasteiger charge is -2.16. The van der Waals surface area contributed by atoms with E-state index in [0.29, 0.717) is 23.7 Å². The highest BCUT2D eigenvalue weighted by Gasteiger charge is 2.19. The largest absolute Gasteiger partial charge is 0.494 e. The van der Waals surface area contributed by atoms with Gasteiger partial charge in [0.1, 0.15) is 17.3 Å². The predicted molar refractivity (Wildman–Crippen MR) is 144 cm³/mol. The van der Waals surface area contributed by atoms with Crippen LogP contribution in [0.3, 0.4) is 0 Å². The Labute approximate surface area is 223 Å². The Bertz CT molecular complexity index is 1190. The summed E-state index contributed by atoms with van der Waals surface area (Å²) in [5.74, 6) is -0.523. The van der Waals surface area contributed by atoms with Gasteiger partial charge in [0.05, 0.1) is 18.2 Å². The van der Waals surface area contributed by atoms with E-state index in [9.17, 15) is 18.8 Å². The van der Waals surface area contributed by atoms with Crippen LogP contribution in [0.15, 0.2) is 72.8 Å². The Morgan fingerprint density at radius 2 is 1.39 bits per heavy atom. The molecule has 0 saturated carbocycles. The molecular weight excluding hydrogens is 485 g/mol. The molecule has 3 aromatic carbocycles. The molecule has 0 bridgehead atoms. The van der Waals surface area contributed by atoms with Gasteiger partial charge in [-0.05, 0) is 86.0 Å². The smallest absolute Gasteiger partial charge is 0.343 e. The van der Waals surface area contributed by atoms with Crippen LogP contribution in [-0.2, 0) is 11.2 Å². The number of hydrogen-bond acceptors (Lipinski definition) is 5. The van der Waals surface area contributed by atoms with E-state index in [2.05, 4.69) is 12.2 Å².